The summed E-state index contributed by atoms with van der Waals surface area (Å²) in [6.45, 7) is 5.34. The van der Waals surface area contributed by atoms with Gasteiger partial charge in [0.2, 0.25) is 0 Å². The first-order chi connectivity index (χ1) is 19.3. The van der Waals surface area contributed by atoms with Gasteiger partial charge < -0.3 is 38.6 Å². The second kappa shape index (κ2) is 19.4. The van der Waals surface area contributed by atoms with Crippen molar-refractivity contribution < 1.29 is 46.4 Å². The molecule has 0 aliphatic rings. The van der Waals surface area contributed by atoms with Gasteiger partial charge in [-0.2, -0.15) is 13.2 Å². The van der Waals surface area contributed by atoms with Gasteiger partial charge in [-0.05, 0) is 44.4 Å². The number of likely N-dealkylation sites (N-methyl/N-ethyl adjacent to an activating group) is 1. The summed E-state index contributed by atoms with van der Waals surface area (Å²) in [7, 11) is 3.99. The lowest BCUT2D eigenvalue weighted by molar-refractivity contribution is -0.137. The molecule has 0 amide bonds. The second-order valence-electron chi connectivity index (χ2n) is 8.75. The molecule has 0 saturated heterocycles. The van der Waals surface area contributed by atoms with Gasteiger partial charge in [0.15, 0.2) is 0 Å². The molecule has 224 valence electrons. The normalized spacial score (nSPS) is 11.7. The monoisotopic (exact) mass is 572 g/mol. The van der Waals surface area contributed by atoms with Crippen LogP contribution >= 0.6 is 0 Å². The molecule has 0 aliphatic carbocycles. The summed E-state index contributed by atoms with van der Waals surface area (Å²) in [5.74, 6) is -0.618. The van der Waals surface area contributed by atoms with E-state index in [1.165, 1.54) is 18.2 Å². The van der Waals surface area contributed by atoms with E-state index in [1.54, 1.807) is 18.2 Å². The maximum atomic E-state index is 13.0. The standard InChI is InChI=1S/C28H39F3N2O7/c1-33(2)10-11-35-12-13-36-14-15-37-16-17-38-18-19-39-20-21-40-27(34)25-8-3-4-9-26(25)32-24-7-5-6-23(22-24)28(29,30)31/h3-9,22,32H,10-21H2,1-2H3. The Morgan fingerprint density at radius 2 is 1.25 bits per heavy atom. The number of esters is 1. The Morgan fingerprint density at radius 3 is 1.80 bits per heavy atom. The van der Waals surface area contributed by atoms with Gasteiger partial charge in [0, 0.05) is 12.2 Å². The number of carbonyl (C=O) groups excluding carboxylic acids is 1. The van der Waals surface area contributed by atoms with Crippen LogP contribution in [0.4, 0.5) is 24.5 Å². The molecule has 2 aromatic carbocycles. The van der Waals surface area contributed by atoms with Gasteiger partial charge in [-0.3, -0.25) is 0 Å². The van der Waals surface area contributed by atoms with Crippen LogP contribution in [0.1, 0.15) is 15.9 Å². The van der Waals surface area contributed by atoms with E-state index < -0.39 is 17.7 Å². The van der Waals surface area contributed by atoms with Crippen LogP contribution in [0, 0.1) is 0 Å². The summed E-state index contributed by atoms with van der Waals surface area (Å²) in [5, 5.41) is 2.86. The molecule has 0 spiro atoms. The fraction of sp³-hybridized carbons (Fsp3) is 0.536. The zero-order valence-corrected chi connectivity index (χ0v) is 23.0. The smallest absolute Gasteiger partial charge is 0.416 e. The predicted molar refractivity (Wildman–Crippen MR) is 144 cm³/mol. The predicted octanol–water partition coefficient (Wildman–Crippen LogP) is 4.25. The third-order valence-corrected chi connectivity index (χ3v) is 5.25. The molecule has 0 heterocycles. The summed E-state index contributed by atoms with van der Waals surface area (Å²) in [5.41, 5.74) is -0.0559. The lowest BCUT2D eigenvalue weighted by Crippen LogP contribution is -2.19. The van der Waals surface area contributed by atoms with Gasteiger partial charge in [0.25, 0.3) is 0 Å². The topological polar surface area (TPSA) is 87.7 Å². The van der Waals surface area contributed by atoms with Gasteiger partial charge in [-0.25, -0.2) is 4.79 Å². The number of benzene rings is 2. The van der Waals surface area contributed by atoms with Gasteiger partial charge in [-0.15, -0.1) is 0 Å². The lowest BCUT2D eigenvalue weighted by atomic mass is 10.1. The quantitative estimate of drug-likeness (QED) is 0.174. The number of hydrogen-bond acceptors (Lipinski definition) is 9. The van der Waals surface area contributed by atoms with E-state index in [0.29, 0.717) is 65.1 Å². The van der Waals surface area contributed by atoms with Crippen molar-refractivity contribution in [1.82, 2.24) is 4.90 Å². The van der Waals surface area contributed by atoms with Crippen molar-refractivity contribution in [3.05, 3.63) is 59.7 Å². The Bertz CT molecular complexity index is 977. The van der Waals surface area contributed by atoms with Crippen molar-refractivity contribution in [2.45, 2.75) is 6.18 Å². The molecule has 0 bridgehead atoms. The molecule has 2 aromatic rings. The first kappa shape index (κ1) is 33.5. The third-order valence-electron chi connectivity index (χ3n) is 5.25. The Kier molecular flexibility index (Phi) is 16.2. The van der Waals surface area contributed by atoms with E-state index >= 15 is 0 Å². The number of nitrogens with zero attached hydrogens (tertiary/aromatic N) is 1. The maximum absolute atomic E-state index is 13.0. The average molecular weight is 573 g/mol. The number of ether oxygens (including phenoxy) is 6. The van der Waals surface area contributed by atoms with Crippen molar-refractivity contribution in [3.63, 3.8) is 0 Å². The summed E-state index contributed by atoms with van der Waals surface area (Å²) in [6, 6.07) is 11.2. The molecule has 0 aliphatic heterocycles. The highest BCUT2D eigenvalue weighted by atomic mass is 19.4. The van der Waals surface area contributed by atoms with Crippen LogP contribution in [0.25, 0.3) is 0 Å². The SMILES string of the molecule is CN(C)CCOCCOCCOCCOCCOCCOC(=O)c1ccccc1Nc1cccc(C(F)(F)F)c1. The van der Waals surface area contributed by atoms with Crippen LogP contribution in [-0.2, 0) is 34.6 Å². The minimum Gasteiger partial charge on any atom is -0.460 e. The van der Waals surface area contributed by atoms with Crippen molar-refractivity contribution in [3.8, 4) is 0 Å². The molecule has 40 heavy (non-hydrogen) atoms. The van der Waals surface area contributed by atoms with Gasteiger partial charge in [0.1, 0.15) is 6.61 Å². The van der Waals surface area contributed by atoms with Crippen LogP contribution < -0.4 is 5.32 Å². The maximum Gasteiger partial charge on any atom is 0.416 e. The van der Waals surface area contributed by atoms with E-state index in [-0.39, 0.29) is 24.5 Å². The largest absolute Gasteiger partial charge is 0.460 e. The highest BCUT2D eigenvalue weighted by Gasteiger charge is 2.30. The van der Waals surface area contributed by atoms with Crippen LogP contribution in [0.5, 0.6) is 0 Å². The molecule has 12 heteroatoms. The number of hydrogen-bond donors (Lipinski definition) is 1. The van der Waals surface area contributed by atoms with E-state index in [9.17, 15) is 18.0 Å². The molecule has 2 rings (SSSR count). The molecular formula is C28H39F3N2O7. The van der Waals surface area contributed by atoms with Crippen LogP contribution in [-0.4, -0.2) is 104 Å². The Balaban J connectivity index is 1.50. The second-order valence-corrected chi connectivity index (χ2v) is 8.75. The molecule has 0 atom stereocenters. The Hall–Kier alpha value is -2.74. The van der Waals surface area contributed by atoms with E-state index in [1.807, 2.05) is 14.1 Å². The number of carbonyl (C=O) groups is 1. The minimum absolute atomic E-state index is 0.0144. The van der Waals surface area contributed by atoms with Crippen molar-refractivity contribution in [2.75, 3.05) is 98.6 Å². The van der Waals surface area contributed by atoms with E-state index in [0.717, 1.165) is 18.7 Å². The highest BCUT2D eigenvalue weighted by molar-refractivity contribution is 5.96. The fourth-order valence-corrected chi connectivity index (χ4v) is 3.20. The number of para-hydroxylation sites is 1. The molecule has 0 saturated carbocycles. The molecule has 1 N–H and O–H groups in total. The Morgan fingerprint density at radius 1 is 0.725 bits per heavy atom. The summed E-state index contributed by atoms with van der Waals surface area (Å²) < 4.78 is 71.3. The molecule has 0 unspecified atom stereocenters. The number of rotatable bonds is 21. The minimum atomic E-state index is -4.47. The van der Waals surface area contributed by atoms with E-state index in [2.05, 4.69) is 10.2 Å². The average Bonchev–Trinajstić information content (AvgIpc) is 2.92. The van der Waals surface area contributed by atoms with Crippen LogP contribution in [0.2, 0.25) is 0 Å². The fourth-order valence-electron chi connectivity index (χ4n) is 3.20. The van der Waals surface area contributed by atoms with Gasteiger partial charge >= 0.3 is 12.1 Å². The van der Waals surface area contributed by atoms with Crippen LogP contribution in [0.15, 0.2) is 48.5 Å². The van der Waals surface area contributed by atoms with Crippen molar-refractivity contribution in [1.29, 1.82) is 0 Å². The van der Waals surface area contributed by atoms with Crippen molar-refractivity contribution in [2.24, 2.45) is 0 Å². The lowest BCUT2D eigenvalue weighted by Gasteiger charge is -2.13. The summed E-state index contributed by atoms with van der Waals surface area (Å²) >= 11 is 0. The highest BCUT2D eigenvalue weighted by Crippen LogP contribution is 2.32. The molecule has 9 nitrogen and oxygen atoms in total. The van der Waals surface area contributed by atoms with E-state index in [4.69, 9.17) is 28.4 Å². The first-order valence-electron chi connectivity index (χ1n) is 13.0. The van der Waals surface area contributed by atoms with Crippen molar-refractivity contribution >= 4 is 17.3 Å². The summed E-state index contributed by atoms with van der Waals surface area (Å²) in [4.78, 5) is 14.6. The summed E-state index contributed by atoms with van der Waals surface area (Å²) in [6.07, 6.45) is -4.47. The molecule has 0 aromatic heterocycles. The number of nitrogens with one attached hydrogen (secondary N) is 1. The first-order valence-corrected chi connectivity index (χ1v) is 13.0. The van der Waals surface area contributed by atoms with Gasteiger partial charge in [-0.1, -0.05) is 18.2 Å². The number of anilines is 2. The van der Waals surface area contributed by atoms with Crippen LogP contribution in [0.3, 0.4) is 0 Å². The molecule has 0 radical (unpaired) electrons. The van der Waals surface area contributed by atoms with Gasteiger partial charge in [0.05, 0.1) is 82.9 Å². The zero-order valence-electron chi connectivity index (χ0n) is 23.0. The number of alkyl halides is 3. The molecule has 0 fully saturated rings. The zero-order chi connectivity index (χ0) is 29.1. The third kappa shape index (κ3) is 14.6. The number of halogens is 3. The Labute approximate surface area is 233 Å². The molecular weight excluding hydrogens is 533 g/mol.